The van der Waals surface area contributed by atoms with Gasteiger partial charge in [-0.3, -0.25) is 9.78 Å². The summed E-state index contributed by atoms with van der Waals surface area (Å²) in [4.78, 5) is 16.5. The lowest BCUT2D eigenvalue weighted by Gasteiger charge is -2.11. The molecule has 0 radical (unpaired) electrons. The summed E-state index contributed by atoms with van der Waals surface area (Å²) in [7, 11) is 1.66. The minimum atomic E-state index is -0.158. The summed E-state index contributed by atoms with van der Waals surface area (Å²) in [5.41, 5.74) is 3.58. The molecule has 28 heavy (non-hydrogen) atoms. The van der Waals surface area contributed by atoms with Gasteiger partial charge >= 0.3 is 0 Å². The second-order valence-corrected chi connectivity index (χ2v) is 6.44. The van der Waals surface area contributed by atoms with Crippen LogP contribution in [0.5, 0.6) is 5.75 Å². The summed E-state index contributed by atoms with van der Waals surface area (Å²) >= 11 is 0. The highest BCUT2D eigenvalue weighted by Gasteiger charge is 2.08. The van der Waals surface area contributed by atoms with Crippen molar-refractivity contribution in [2.45, 2.75) is 19.4 Å². The Bertz CT molecular complexity index is 897. The van der Waals surface area contributed by atoms with Gasteiger partial charge < -0.3 is 15.4 Å². The van der Waals surface area contributed by atoms with E-state index in [4.69, 9.17) is 4.74 Å². The topological polar surface area (TPSA) is 63.2 Å². The summed E-state index contributed by atoms with van der Waals surface area (Å²) in [5.74, 6) is 0.675. The van der Waals surface area contributed by atoms with Gasteiger partial charge in [0.15, 0.2) is 0 Å². The van der Waals surface area contributed by atoms with Gasteiger partial charge in [-0.05, 0) is 36.6 Å². The van der Waals surface area contributed by atoms with Crippen molar-refractivity contribution in [2.24, 2.45) is 0 Å². The molecule has 0 spiro atoms. The predicted octanol–water partition coefficient (Wildman–Crippen LogP) is 4.06. The van der Waals surface area contributed by atoms with Crippen LogP contribution in [0.2, 0.25) is 0 Å². The van der Waals surface area contributed by atoms with E-state index in [2.05, 4.69) is 27.8 Å². The zero-order valence-electron chi connectivity index (χ0n) is 16.0. The van der Waals surface area contributed by atoms with Crippen LogP contribution in [0.3, 0.4) is 0 Å². The molecule has 0 aliphatic rings. The second kappa shape index (κ2) is 10.1. The summed E-state index contributed by atoms with van der Waals surface area (Å²) in [5, 5.41) is 6.26. The molecule has 0 unspecified atom stereocenters. The Balaban J connectivity index is 1.50. The first-order chi connectivity index (χ1) is 13.8. The first-order valence-corrected chi connectivity index (χ1v) is 9.40. The minimum absolute atomic E-state index is 0.158. The highest BCUT2D eigenvalue weighted by Crippen LogP contribution is 2.19. The third-order valence-corrected chi connectivity index (χ3v) is 4.44. The number of carbonyl (C=O) groups is 1. The maximum Gasteiger partial charge on any atom is 0.269 e. The van der Waals surface area contributed by atoms with Crippen molar-refractivity contribution in [3.8, 4) is 5.75 Å². The number of carbonyl (C=O) groups excluding carboxylic acids is 1. The van der Waals surface area contributed by atoms with Crippen LogP contribution in [0.4, 0.5) is 5.69 Å². The van der Waals surface area contributed by atoms with Crippen LogP contribution in [-0.2, 0) is 13.0 Å². The molecule has 1 heterocycles. The molecular formula is C23H25N3O2. The lowest BCUT2D eigenvalue weighted by Crippen LogP contribution is -2.25. The van der Waals surface area contributed by atoms with Crippen molar-refractivity contribution in [1.82, 2.24) is 10.3 Å². The Morgan fingerprint density at radius 2 is 1.82 bits per heavy atom. The number of aryl methyl sites for hydroxylation is 1. The number of benzene rings is 2. The summed E-state index contributed by atoms with van der Waals surface area (Å²) < 4.78 is 5.37. The Labute approximate surface area is 165 Å². The number of hydrogen-bond acceptors (Lipinski definition) is 4. The SMILES string of the molecule is COc1ccccc1CNc1ccnc(C(=O)NCCCc2ccccc2)c1. The molecule has 1 aromatic heterocycles. The number of anilines is 1. The second-order valence-electron chi connectivity index (χ2n) is 6.44. The molecule has 2 aromatic carbocycles. The molecule has 0 saturated carbocycles. The highest BCUT2D eigenvalue weighted by atomic mass is 16.5. The fraction of sp³-hybridized carbons (Fsp3) is 0.217. The minimum Gasteiger partial charge on any atom is -0.496 e. The Morgan fingerprint density at radius 3 is 2.64 bits per heavy atom. The van der Waals surface area contributed by atoms with Gasteiger partial charge in [0.2, 0.25) is 0 Å². The third-order valence-electron chi connectivity index (χ3n) is 4.44. The quantitative estimate of drug-likeness (QED) is 0.554. The smallest absolute Gasteiger partial charge is 0.269 e. The average molecular weight is 375 g/mol. The van der Waals surface area contributed by atoms with E-state index in [1.165, 1.54) is 5.56 Å². The zero-order valence-corrected chi connectivity index (χ0v) is 16.0. The van der Waals surface area contributed by atoms with E-state index in [9.17, 15) is 4.79 Å². The number of methoxy groups -OCH3 is 1. The molecular weight excluding hydrogens is 350 g/mol. The van der Waals surface area contributed by atoms with Crippen molar-refractivity contribution in [3.05, 3.63) is 89.7 Å². The number of nitrogens with one attached hydrogen (secondary N) is 2. The van der Waals surface area contributed by atoms with Crippen LogP contribution >= 0.6 is 0 Å². The van der Waals surface area contributed by atoms with Crippen molar-refractivity contribution >= 4 is 11.6 Å². The molecule has 3 aromatic rings. The van der Waals surface area contributed by atoms with Crippen LogP contribution in [0.25, 0.3) is 0 Å². The number of rotatable bonds is 9. The largest absolute Gasteiger partial charge is 0.496 e. The first kappa shape index (κ1) is 19.4. The zero-order chi connectivity index (χ0) is 19.6. The highest BCUT2D eigenvalue weighted by molar-refractivity contribution is 5.93. The Morgan fingerprint density at radius 1 is 1.04 bits per heavy atom. The molecule has 0 bridgehead atoms. The van der Waals surface area contributed by atoms with E-state index in [0.29, 0.717) is 18.8 Å². The van der Waals surface area contributed by atoms with Crippen LogP contribution in [0.1, 0.15) is 28.0 Å². The molecule has 0 fully saturated rings. The van der Waals surface area contributed by atoms with Crippen LogP contribution in [-0.4, -0.2) is 24.5 Å². The Hall–Kier alpha value is -3.34. The molecule has 5 nitrogen and oxygen atoms in total. The van der Waals surface area contributed by atoms with E-state index in [0.717, 1.165) is 29.8 Å². The molecule has 0 atom stereocenters. The summed E-state index contributed by atoms with van der Waals surface area (Å²) in [6.45, 7) is 1.22. The normalized spacial score (nSPS) is 10.3. The number of para-hydroxylation sites is 1. The lowest BCUT2D eigenvalue weighted by molar-refractivity contribution is 0.0948. The van der Waals surface area contributed by atoms with E-state index >= 15 is 0 Å². The fourth-order valence-electron chi connectivity index (χ4n) is 2.94. The van der Waals surface area contributed by atoms with Crippen molar-refractivity contribution in [2.75, 3.05) is 19.0 Å². The van der Waals surface area contributed by atoms with Crippen LogP contribution in [0.15, 0.2) is 72.9 Å². The van der Waals surface area contributed by atoms with E-state index in [1.807, 2.05) is 48.5 Å². The van der Waals surface area contributed by atoms with Crippen LogP contribution in [0, 0.1) is 0 Å². The van der Waals surface area contributed by atoms with Crippen molar-refractivity contribution in [3.63, 3.8) is 0 Å². The summed E-state index contributed by atoms with van der Waals surface area (Å²) in [6.07, 6.45) is 3.47. The molecule has 1 amide bonds. The van der Waals surface area contributed by atoms with Gasteiger partial charge in [0.05, 0.1) is 7.11 Å². The van der Waals surface area contributed by atoms with Gasteiger partial charge in [-0.15, -0.1) is 0 Å². The average Bonchev–Trinajstić information content (AvgIpc) is 2.76. The Kier molecular flexibility index (Phi) is 7.01. The molecule has 0 saturated heterocycles. The van der Waals surface area contributed by atoms with Gasteiger partial charge in [-0.25, -0.2) is 0 Å². The molecule has 5 heteroatoms. The van der Waals surface area contributed by atoms with Crippen LogP contribution < -0.4 is 15.4 Å². The number of amides is 1. The van der Waals surface area contributed by atoms with Gasteiger partial charge in [0, 0.05) is 30.5 Å². The van der Waals surface area contributed by atoms with Gasteiger partial charge in [-0.2, -0.15) is 0 Å². The van der Waals surface area contributed by atoms with Gasteiger partial charge in [0.25, 0.3) is 5.91 Å². The number of aromatic nitrogens is 1. The number of hydrogen-bond donors (Lipinski definition) is 2. The first-order valence-electron chi connectivity index (χ1n) is 9.40. The maximum absolute atomic E-state index is 12.4. The predicted molar refractivity (Wildman–Crippen MR) is 112 cm³/mol. The molecule has 3 rings (SSSR count). The fourth-order valence-corrected chi connectivity index (χ4v) is 2.94. The van der Waals surface area contributed by atoms with E-state index in [-0.39, 0.29) is 5.91 Å². The number of nitrogens with zero attached hydrogens (tertiary/aromatic N) is 1. The van der Waals surface area contributed by atoms with E-state index < -0.39 is 0 Å². The molecule has 0 aliphatic heterocycles. The summed E-state index contributed by atoms with van der Waals surface area (Å²) in [6, 6.07) is 21.7. The van der Waals surface area contributed by atoms with E-state index in [1.54, 1.807) is 19.4 Å². The van der Waals surface area contributed by atoms with Crippen molar-refractivity contribution in [1.29, 1.82) is 0 Å². The molecule has 2 N–H and O–H groups in total. The van der Waals surface area contributed by atoms with Gasteiger partial charge in [-0.1, -0.05) is 48.5 Å². The maximum atomic E-state index is 12.4. The van der Waals surface area contributed by atoms with Crippen molar-refractivity contribution < 1.29 is 9.53 Å². The number of pyridine rings is 1. The molecule has 144 valence electrons. The number of ether oxygens (including phenoxy) is 1. The van der Waals surface area contributed by atoms with Gasteiger partial charge in [0.1, 0.15) is 11.4 Å². The third kappa shape index (κ3) is 5.58. The monoisotopic (exact) mass is 375 g/mol. The lowest BCUT2D eigenvalue weighted by atomic mass is 10.1. The molecule has 0 aliphatic carbocycles. The standard InChI is InChI=1S/C23H25N3O2/c1-28-22-12-6-5-11-19(22)17-26-20-13-15-24-21(16-20)23(27)25-14-7-10-18-8-3-2-4-9-18/h2-6,8-9,11-13,15-16H,7,10,14,17H2,1H3,(H,24,26)(H,25,27).